The molecule has 0 aliphatic carbocycles. The Morgan fingerprint density at radius 1 is 1.03 bits per heavy atom. The van der Waals surface area contributed by atoms with Gasteiger partial charge in [-0.3, -0.25) is 4.79 Å². The number of carbonyl (C=O) groups is 1. The number of methoxy groups -OCH3 is 1. The van der Waals surface area contributed by atoms with E-state index in [2.05, 4.69) is 4.90 Å². The second-order valence-corrected chi connectivity index (χ2v) is 9.72. The zero-order valence-corrected chi connectivity index (χ0v) is 19.2. The Morgan fingerprint density at radius 2 is 1.64 bits per heavy atom. The van der Waals surface area contributed by atoms with Gasteiger partial charge in [0.2, 0.25) is 0 Å². The van der Waals surface area contributed by atoms with E-state index in [1.54, 1.807) is 7.11 Å². The Labute approximate surface area is 190 Å². The third kappa shape index (κ3) is 5.89. The molecule has 1 amide bonds. The summed E-state index contributed by atoms with van der Waals surface area (Å²) in [6.45, 7) is 2.44. The highest BCUT2D eigenvalue weighted by molar-refractivity contribution is 7.90. The van der Waals surface area contributed by atoms with E-state index in [4.69, 9.17) is 9.47 Å². The van der Waals surface area contributed by atoms with Crippen LogP contribution in [0.2, 0.25) is 0 Å². The maximum Gasteiger partial charge on any atom is 0.425 e. The van der Waals surface area contributed by atoms with Gasteiger partial charge >= 0.3 is 6.18 Å². The standard InChI is InChI=1S/C22H25F3N2O5S/c1-15(22(23,24)25)32-20-9-8-18(33(3,29)30)14-19(20)21(28)27-12-10-26(11-13-27)16-4-6-17(31-2)7-5-16/h4-9,14-15H,10-13H2,1-3H3/t15-/m0/s1. The van der Waals surface area contributed by atoms with Gasteiger partial charge < -0.3 is 19.3 Å². The number of piperazine rings is 1. The van der Waals surface area contributed by atoms with Gasteiger partial charge in [0.25, 0.3) is 5.91 Å². The predicted octanol–water partition coefficient (Wildman–Crippen LogP) is 3.39. The molecule has 0 unspecified atom stereocenters. The molecule has 1 fully saturated rings. The van der Waals surface area contributed by atoms with E-state index in [-0.39, 0.29) is 16.2 Å². The van der Waals surface area contributed by atoms with Crippen molar-refractivity contribution in [2.45, 2.75) is 24.1 Å². The average molecular weight is 487 g/mol. The minimum atomic E-state index is -4.64. The number of carbonyl (C=O) groups excluding carboxylic acids is 1. The maximum atomic E-state index is 13.2. The van der Waals surface area contributed by atoms with Gasteiger partial charge in [-0.1, -0.05) is 0 Å². The number of amides is 1. The molecule has 0 radical (unpaired) electrons. The van der Waals surface area contributed by atoms with Gasteiger partial charge in [-0.25, -0.2) is 8.42 Å². The van der Waals surface area contributed by atoms with Crippen LogP contribution in [0.3, 0.4) is 0 Å². The van der Waals surface area contributed by atoms with Gasteiger partial charge in [0, 0.05) is 38.1 Å². The number of sulfone groups is 1. The van der Waals surface area contributed by atoms with E-state index in [0.717, 1.165) is 42.8 Å². The fraction of sp³-hybridized carbons (Fsp3) is 0.409. The predicted molar refractivity (Wildman–Crippen MR) is 117 cm³/mol. The first-order valence-corrected chi connectivity index (χ1v) is 12.0. The lowest BCUT2D eigenvalue weighted by Crippen LogP contribution is -2.49. The number of ether oxygens (including phenoxy) is 2. The molecular formula is C22H25F3N2O5S. The monoisotopic (exact) mass is 486 g/mol. The number of hydrogen-bond donors (Lipinski definition) is 0. The Morgan fingerprint density at radius 3 is 2.15 bits per heavy atom. The quantitative estimate of drug-likeness (QED) is 0.623. The van der Waals surface area contributed by atoms with Crippen LogP contribution in [0.25, 0.3) is 0 Å². The molecule has 1 heterocycles. The van der Waals surface area contributed by atoms with E-state index in [0.29, 0.717) is 26.2 Å². The molecule has 0 aromatic heterocycles. The minimum absolute atomic E-state index is 0.172. The van der Waals surface area contributed by atoms with Crippen LogP contribution in [0, 0.1) is 0 Å². The molecule has 0 bridgehead atoms. The fourth-order valence-electron chi connectivity index (χ4n) is 3.40. The highest BCUT2D eigenvalue weighted by atomic mass is 32.2. The first-order valence-electron chi connectivity index (χ1n) is 10.2. The molecule has 33 heavy (non-hydrogen) atoms. The summed E-state index contributed by atoms with van der Waals surface area (Å²) < 4.78 is 73.1. The third-order valence-corrected chi connectivity index (χ3v) is 6.49. The number of nitrogens with zero attached hydrogens (tertiary/aromatic N) is 2. The van der Waals surface area contributed by atoms with Crippen molar-refractivity contribution in [3.05, 3.63) is 48.0 Å². The van der Waals surface area contributed by atoms with Gasteiger partial charge in [-0.2, -0.15) is 13.2 Å². The Hall–Kier alpha value is -2.95. The van der Waals surface area contributed by atoms with Gasteiger partial charge in [-0.05, 0) is 49.4 Å². The zero-order valence-electron chi connectivity index (χ0n) is 18.4. The molecule has 180 valence electrons. The summed E-state index contributed by atoms with van der Waals surface area (Å²) in [5.74, 6) is -0.173. The summed E-state index contributed by atoms with van der Waals surface area (Å²) in [4.78, 5) is 16.6. The summed E-state index contributed by atoms with van der Waals surface area (Å²) in [6.07, 6.45) is -5.84. The van der Waals surface area contributed by atoms with Crippen molar-refractivity contribution >= 4 is 21.4 Å². The van der Waals surface area contributed by atoms with E-state index >= 15 is 0 Å². The number of halogens is 3. The lowest BCUT2D eigenvalue weighted by molar-refractivity contribution is -0.189. The van der Waals surface area contributed by atoms with E-state index in [1.165, 1.54) is 4.90 Å². The molecule has 1 atom stereocenters. The highest BCUT2D eigenvalue weighted by Gasteiger charge is 2.39. The number of benzene rings is 2. The van der Waals surface area contributed by atoms with Crippen molar-refractivity contribution in [2.75, 3.05) is 44.4 Å². The summed E-state index contributed by atoms with van der Waals surface area (Å²) in [5.41, 5.74) is 0.733. The van der Waals surface area contributed by atoms with Crippen LogP contribution in [-0.2, 0) is 9.84 Å². The Balaban J connectivity index is 1.81. The number of hydrogen-bond acceptors (Lipinski definition) is 6. The SMILES string of the molecule is COc1ccc(N2CCN(C(=O)c3cc(S(C)(=O)=O)ccc3O[C@@H](C)C(F)(F)F)CC2)cc1. The summed E-state index contributed by atoms with van der Waals surface area (Å²) in [5, 5.41) is 0. The Kier molecular flexibility index (Phi) is 7.11. The van der Waals surface area contributed by atoms with Crippen molar-refractivity contribution in [1.29, 1.82) is 0 Å². The number of alkyl halides is 3. The summed E-state index contributed by atoms with van der Waals surface area (Å²) in [6, 6.07) is 10.8. The molecule has 1 aliphatic heterocycles. The minimum Gasteiger partial charge on any atom is -0.497 e. The van der Waals surface area contributed by atoms with Crippen LogP contribution in [0.15, 0.2) is 47.4 Å². The van der Waals surface area contributed by atoms with E-state index < -0.39 is 28.0 Å². The normalized spacial score (nSPS) is 15.8. The Bertz CT molecular complexity index is 1100. The van der Waals surface area contributed by atoms with Crippen LogP contribution in [0.1, 0.15) is 17.3 Å². The lowest BCUT2D eigenvalue weighted by atomic mass is 10.1. The smallest absolute Gasteiger partial charge is 0.425 e. The molecule has 2 aromatic carbocycles. The topological polar surface area (TPSA) is 76.2 Å². The van der Waals surface area contributed by atoms with Crippen LogP contribution >= 0.6 is 0 Å². The molecule has 3 rings (SSSR count). The molecule has 0 spiro atoms. The lowest BCUT2D eigenvalue weighted by Gasteiger charge is -2.36. The van der Waals surface area contributed by atoms with Crippen molar-refractivity contribution in [3.63, 3.8) is 0 Å². The average Bonchev–Trinajstić information content (AvgIpc) is 2.77. The number of rotatable bonds is 6. The molecule has 0 saturated carbocycles. The summed E-state index contributed by atoms with van der Waals surface area (Å²) >= 11 is 0. The van der Waals surface area contributed by atoms with Gasteiger partial charge in [-0.15, -0.1) is 0 Å². The van der Waals surface area contributed by atoms with Crippen molar-refractivity contribution in [1.82, 2.24) is 4.90 Å². The van der Waals surface area contributed by atoms with Crippen molar-refractivity contribution < 1.29 is 35.9 Å². The first-order chi connectivity index (χ1) is 15.4. The molecular weight excluding hydrogens is 461 g/mol. The van der Waals surface area contributed by atoms with Gasteiger partial charge in [0.05, 0.1) is 17.6 Å². The van der Waals surface area contributed by atoms with Crippen LogP contribution in [0.4, 0.5) is 18.9 Å². The van der Waals surface area contributed by atoms with Crippen LogP contribution in [0.5, 0.6) is 11.5 Å². The third-order valence-electron chi connectivity index (χ3n) is 5.38. The van der Waals surface area contributed by atoms with Crippen LogP contribution < -0.4 is 14.4 Å². The van der Waals surface area contributed by atoms with Crippen LogP contribution in [-0.4, -0.2) is 71.0 Å². The van der Waals surface area contributed by atoms with Gasteiger partial charge in [0.15, 0.2) is 15.9 Å². The maximum absolute atomic E-state index is 13.2. The summed E-state index contributed by atoms with van der Waals surface area (Å²) in [7, 11) is -2.11. The largest absolute Gasteiger partial charge is 0.497 e. The number of anilines is 1. The molecule has 0 N–H and O–H groups in total. The molecule has 7 nitrogen and oxygen atoms in total. The van der Waals surface area contributed by atoms with E-state index in [9.17, 15) is 26.4 Å². The zero-order chi connectivity index (χ0) is 24.4. The van der Waals surface area contributed by atoms with E-state index in [1.807, 2.05) is 24.3 Å². The molecule has 2 aromatic rings. The van der Waals surface area contributed by atoms with Crippen molar-refractivity contribution in [3.8, 4) is 11.5 Å². The van der Waals surface area contributed by atoms with Crippen molar-refractivity contribution in [2.24, 2.45) is 0 Å². The molecule has 11 heteroatoms. The second-order valence-electron chi connectivity index (χ2n) is 7.71. The first kappa shape index (κ1) is 24.7. The van der Waals surface area contributed by atoms with Gasteiger partial charge in [0.1, 0.15) is 11.5 Å². The molecule has 1 saturated heterocycles. The fourth-order valence-corrected chi connectivity index (χ4v) is 4.05. The second kappa shape index (κ2) is 9.50. The molecule has 1 aliphatic rings. The highest BCUT2D eigenvalue weighted by Crippen LogP contribution is 2.30.